The highest BCUT2D eigenvalue weighted by atomic mass is 127. The number of hydrogen-bond acceptors (Lipinski definition) is 2. The van der Waals surface area contributed by atoms with E-state index in [0.717, 1.165) is 9.13 Å². The van der Waals surface area contributed by atoms with Crippen LogP contribution in [-0.4, -0.2) is 12.1 Å². The van der Waals surface area contributed by atoms with Crippen molar-refractivity contribution in [3.05, 3.63) is 68.3 Å². The van der Waals surface area contributed by atoms with Gasteiger partial charge in [0.05, 0.1) is 11.8 Å². The lowest BCUT2D eigenvalue weighted by Gasteiger charge is -2.02. The van der Waals surface area contributed by atoms with Gasteiger partial charge in [0.15, 0.2) is 0 Å². The van der Waals surface area contributed by atoms with E-state index in [2.05, 4.69) is 33.1 Å². The Hall–Kier alpha value is -1.40. The number of benzene rings is 2. The average molecular weight is 385 g/mol. The van der Waals surface area contributed by atoms with Gasteiger partial charge in [-0.15, -0.1) is 0 Å². The molecule has 0 fully saturated rings. The molecule has 5 heteroatoms. The lowest BCUT2D eigenvalue weighted by atomic mass is 10.2. The number of carbonyl (C=O) groups excluding carboxylic acids is 1. The lowest BCUT2D eigenvalue weighted by molar-refractivity contribution is 0.0954. The lowest BCUT2D eigenvalue weighted by Crippen LogP contribution is -2.18. The zero-order chi connectivity index (χ0) is 13.7. The molecule has 0 saturated carbocycles. The summed E-state index contributed by atoms with van der Waals surface area (Å²) in [4.78, 5) is 11.9. The summed E-state index contributed by atoms with van der Waals surface area (Å²) in [6, 6.07) is 14.6. The van der Waals surface area contributed by atoms with Crippen LogP contribution in [0.4, 0.5) is 0 Å². The van der Waals surface area contributed by atoms with E-state index < -0.39 is 0 Å². The molecule has 2 aromatic carbocycles. The van der Waals surface area contributed by atoms with Crippen molar-refractivity contribution in [3.8, 4) is 0 Å². The Kier molecular flexibility index (Phi) is 4.93. The maximum Gasteiger partial charge on any atom is 0.272 e. The van der Waals surface area contributed by atoms with Crippen LogP contribution in [0.1, 0.15) is 15.9 Å². The van der Waals surface area contributed by atoms with Crippen LogP contribution in [-0.2, 0) is 0 Å². The number of nitrogens with zero attached hydrogens (tertiary/aromatic N) is 1. The molecular formula is C14H10ClIN2O. The first-order valence-corrected chi connectivity index (χ1v) is 6.96. The Bertz CT molecular complexity index is 628. The van der Waals surface area contributed by atoms with Gasteiger partial charge in [-0.25, -0.2) is 5.43 Å². The van der Waals surface area contributed by atoms with Gasteiger partial charge in [0.25, 0.3) is 5.91 Å². The van der Waals surface area contributed by atoms with Gasteiger partial charge in [-0.05, 0) is 40.8 Å². The van der Waals surface area contributed by atoms with Gasteiger partial charge in [0.2, 0.25) is 0 Å². The summed E-state index contributed by atoms with van der Waals surface area (Å²) in [7, 11) is 0. The van der Waals surface area contributed by atoms with Crippen LogP contribution in [0.2, 0.25) is 5.02 Å². The van der Waals surface area contributed by atoms with Gasteiger partial charge in [0.1, 0.15) is 0 Å². The fourth-order valence-corrected chi connectivity index (χ4v) is 2.26. The third-order valence-electron chi connectivity index (χ3n) is 2.39. The Morgan fingerprint density at radius 2 is 1.84 bits per heavy atom. The quantitative estimate of drug-likeness (QED) is 0.489. The molecule has 0 bridgehead atoms. The van der Waals surface area contributed by atoms with Crippen molar-refractivity contribution in [1.82, 2.24) is 5.43 Å². The minimum Gasteiger partial charge on any atom is -0.267 e. The molecule has 0 radical (unpaired) electrons. The van der Waals surface area contributed by atoms with E-state index in [1.54, 1.807) is 12.1 Å². The monoisotopic (exact) mass is 384 g/mol. The van der Waals surface area contributed by atoms with Crippen LogP contribution in [0.15, 0.2) is 53.6 Å². The second-order valence-corrected chi connectivity index (χ2v) is 5.27. The molecule has 96 valence electrons. The topological polar surface area (TPSA) is 41.5 Å². The van der Waals surface area contributed by atoms with Crippen LogP contribution < -0.4 is 5.43 Å². The summed E-state index contributed by atoms with van der Waals surface area (Å²) in [5.41, 5.74) is 3.84. The van der Waals surface area contributed by atoms with E-state index in [0.29, 0.717) is 10.6 Å². The summed E-state index contributed by atoms with van der Waals surface area (Å²) in [6.07, 6.45) is 1.52. The van der Waals surface area contributed by atoms with Gasteiger partial charge in [0, 0.05) is 14.2 Å². The largest absolute Gasteiger partial charge is 0.272 e. The smallest absolute Gasteiger partial charge is 0.267 e. The molecule has 2 aromatic rings. The second-order valence-electron chi connectivity index (χ2n) is 3.70. The van der Waals surface area contributed by atoms with Gasteiger partial charge >= 0.3 is 0 Å². The summed E-state index contributed by atoms with van der Waals surface area (Å²) in [5.74, 6) is -0.242. The Labute approximate surface area is 129 Å². The van der Waals surface area contributed by atoms with Gasteiger partial charge in [-0.3, -0.25) is 4.79 Å². The van der Waals surface area contributed by atoms with Crippen molar-refractivity contribution in [1.29, 1.82) is 0 Å². The van der Waals surface area contributed by atoms with Gasteiger partial charge in [-0.2, -0.15) is 5.10 Å². The zero-order valence-electron chi connectivity index (χ0n) is 9.81. The fourth-order valence-electron chi connectivity index (χ4n) is 1.45. The standard InChI is InChI=1S/C14H10ClIN2O/c15-12-7-3-1-5-10(12)9-17-18-14(19)11-6-2-4-8-13(11)16/h1-9H,(H,18,19)/b17-9-. The van der Waals surface area contributed by atoms with Crippen LogP contribution >= 0.6 is 34.2 Å². The third kappa shape index (κ3) is 3.78. The number of rotatable bonds is 3. The maximum atomic E-state index is 11.9. The summed E-state index contributed by atoms with van der Waals surface area (Å²) >= 11 is 8.09. The first-order chi connectivity index (χ1) is 9.18. The normalized spacial score (nSPS) is 10.6. The molecule has 0 aromatic heterocycles. The predicted molar refractivity (Wildman–Crippen MR) is 85.7 cm³/mol. The molecule has 0 spiro atoms. The molecule has 0 unspecified atom stereocenters. The molecule has 3 nitrogen and oxygen atoms in total. The third-order valence-corrected chi connectivity index (χ3v) is 3.68. The molecule has 0 atom stereocenters. The minimum absolute atomic E-state index is 0.242. The van der Waals surface area contributed by atoms with Crippen molar-refractivity contribution in [2.24, 2.45) is 5.10 Å². The van der Waals surface area contributed by atoms with E-state index in [1.807, 2.05) is 36.4 Å². The van der Waals surface area contributed by atoms with E-state index in [9.17, 15) is 4.79 Å². The summed E-state index contributed by atoms with van der Waals surface area (Å²) < 4.78 is 0.880. The van der Waals surface area contributed by atoms with E-state index in [-0.39, 0.29) is 5.91 Å². The summed E-state index contributed by atoms with van der Waals surface area (Å²) in [5, 5.41) is 4.50. The molecule has 0 heterocycles. The van der Waals surface area contributed by atoms with Crippen LogP contribution in [0.25, 0.3) is 0 Å². The van der Waals surface area contributed by atoms with Crippen LogP contribution in [0, 0.1) is 3.57 Å². The molecule has 0 aliphatic carbocycles. The Morgan fingerprint density at radius 3 is 2.58 bits per heavy atom. The average Bonchev–Trinajstić information content (AvgIpc) is 2.41. The Morgan fingerprint density at radius 1 is 1.16 bits per heavy atom. The number of nitrogens with one attached hydrogen (secondary N) is 1. The van der Waals surface area contributed by atoms with Gasteiger partial charge in [-0.1, -0.05) is 41.9 Å². The van der Waals surface area contributed by atoms with Gasteiger partial charge < -0.3 is 0 Å². The number of carbonyl (C=O) groups is 1. The van der Waals surface area contributed by atoms with E-state index in [4.69, 9.17) is 11.6 Å². The van der Waals surface area contributed by atoms with Crippen molar-refractivity contribution >= 4 is 46.3 Å². The first-order valence-electron chi connectivity index (χ1n) is 5.51. The molecule has 0 aliphatic heterocycles. The fraction of sp³-hybridized carbons (Fsp3) is 0. The predicted octanol–water partition coefficient (Wildman–Crippen LogP) is 3.71. The highest BCUT2D eigenvalue weighted by Gasteiger charge is 2.07. The van der Waals surface area contributed by atoms with Crippen molar-refractivity contribution in [2.45, 2.75) is 0 Å². The molecule has 2 rings (SSSR count). The van der Waals surface area contributed by atoms with E-state index >= 15 is 0 Å². The number of hydrogen-bond donors (Lipinski definition) is 1. The van der Waals surface area contributed by atoms with Crippen LogP contribution in [0.5, 0.6) is 0 Å². The highest BCUT2D eigenvalue weighted by molar-refractivity contribution is 14.1. The summed E-state index contributed by atoms with van der Waals surface area (Å²) in [6.45, 7) is 0. The van der Waals surface area contributed by atoms with E-state index in [1.165, 1.54) is 6.21 Å². The molecule has 1 amide bonds. The SMILES string of the molecule is O=C(N/N=C\c1ccccc1Cl)c1ccccc1I. The number of halogens is 2. The molecule has 0 saturated heterocycles. The van der Waals surface area contributed by atoms with Crippen molar-refractivity contribution < 1.29 is 4.79 Å². The Balaban J connectivity index is 2.06. The molecule has 19 heavy (non-hydrogen) atoms. The maximum absolute atomic E-state index is 11.9. The molecule has 1 N–H and O–H groups in total. The highest BCUT2D eigenvalue weighted by Crippen LogP contribution is 2.13. The number of amides is 1. The number of hydrazone groups is 1. The zero-order valence-corrected chi connectivity index (χ0v) is 12.7. The minimum atomic E-state index is -0.242. The molecule has 0 aliphatic rings. The van der Waals surface area contributed by atoms with Crippen molar-refractivity contribution in [3.63, 3.8) is 0 Å². The first kappa shape index (κ1) is 14.0. The second kappa shape index (κ2) is 6.68. The molecular weight excluding hydrogens is 375 g/mol. The van der Waals surface area contributed by atoms with Crippen molar-refractivity contribution in [2.75, 3.05) is 0 Å². The van der Waals surface area contributed by atoms with Crippen LogP contribution in [0.3, 0.4) is 0 Å².